The number of carbonyl (C=O) groups is 2. The summed E-state index contributed by atoms with van der Waals surface area (Å²) in [6.45, 7) is 0. The van der Waals surface area contributed by atoms with Crippen molar-refractivity contribution in [2.75, 3.05) is 14.2 Å². The molecule has 1 atom stereocenters. The first-order valence-electron chi connectivity index (χ1n) is 11.2. The van der Waals surface area contributed by atoms with Crippen LogP contribution in [-0.2, 0) is 9.59 Å². The van der Waals surface area contributed by atoms with Crippen LogP contribution in [0.3, 0.4) is 0 Å². The number of amides is 1. The number of halogens is 1. The number of ketones is 1. The molecule has 0 spiro atoms. The average Bonchev–Trinajstić information content (AvgIpc) is 3.57. The van der Waals surface area contributed by atoms with Gasteiger partial charge in [-0.15, -0.1) is 0 Å². The van der Waals surface area contributed by atoms with Crippen LogP contribution < -0.4 is 9.47 Å². The second kappa shape index (κ2) is 8.72. The van der Waals surface area contributed by atoms with Crippen molar-refractivity contribution >= 4 is 40.0 Å². The van der Waals surface area contributed by atoms with E-state index in [1.54, 1.807) is 4.90 Å². The van der Waals surface area contributed by atoms with Gasteiger partial charge in [0.05, 0.1) is 36.4 Å². The molecule has 3 aromatic rings. The van der Waals surface area contributed by atoms with E-state index in [0.717, 1.165) is 42.1 Å². The molecule has 2 N–H and O–H groups in total. The Balaban J connectivity index is 1.77. The number of likely N-dealkylation sites (tertiary alicyclic amines) is 1. The molecule has 2 aromatic carbocycles. The fourth-order valence-electron chi connectivity index (χ4n) is 5.23. The lowest BCUT2D eigenvalue weighted by Crippen LogP contribution is -2.37. The van der Waals surface area contributed by atoms with Crippen LogP contribution in [0.15, 0.2) is 48.2 Å². The summed E-state index contributed by atoms with van der Waals surface area (Å²) in [5.74, 6) is -1.04. The number of aliphatic hydroxyl groups is 1. The Morgan fingerprint density at radius 1 is 1.09 bits per heavy atom. The predicted octanol–water partition coefficient (Wildman–Crippen LogP) is 5.20. The van der Waals surface area contributed by atoms with Crippen LogP contribution in [0.2, 0.25) is 5.02 Å². The highest BCUT2D eigenvalue weighted by Gasteiger charge is 2.50. The number of rotatable bonds is 5. The standard InChI is InChI=1S/C26H25ClN2O5/c1-33-20-12-18(27)21(34-2)11-16(20)24(30)22-23(17-13-28-19-10-6-5-9-15(17)19)29(26(32)25(22)31)14-7-3-4-8-14/h5-6,9-14,23,28,30H,3-4,7-8H2,1-2H3/b24-22+. The first-order chi connectivity index (χ1) is 16.5. The van der Waals surface area contributed by atoms with E-state index in [9.17, 15) is 14.7 Å². The van der Waals surface area contributed by atoms with Crippen molar-refractivity contribution in [1.29, 1.82) is 0 Å². The molecule has 0 radical (unpaired) electrons. The molecule has 0 bridgehead atoms. The molecule has 8 heteroatoms. The molecule has 34 heavy (non-hydrogen) atoms. The summed E-state index contributed by atoms with van der Waals surface area (Å²) in [4.78, 5) is 31.7. The van der Waals surface area contributed by atoms with Gasteiger partial charge in [-0.25, -0.2) is 0 Å². The number of hydrogen-bond acceptors (Lipinski definition) is 5. The highest BCUT2D eigenvalue weighted by Crippen LogP contribution is 2.47. The Hall–Kier alpha value is -3.45. The Labute approximate surface area is 201 Å². The SMILES string of the molecule is COc1cc(/C(O)=C2\C(=O)C(=O)N(C3CCCC3)C2c2c[nH]c3ccccc23)c(OC)cc1Cl. The number of aromatic nitrogens is 1. The van der Waals surface area contributed by atoms with Crippen molar-refractivity contribution in [1.82, 2.24) is 9.88 Å². The molecular formula is C26H25ClN2O5. The van der Waals surface area contributed by atoms with Crippen LogP contribution in [0, 0.1) is 0 Å². The first kappa shape index (κ1) is 22.3. The fraction of sp³-hybridized carbons (Fsp3) is 0.308. The summed E-state index contributed by atoms with van der Waals surface area (Å²) in [5.41, 5.74) is 1.92. The summed E-state index contributed by atoms with van der Waals surface area (Å²) < 4.78 is 10.8. The number of hydrogen-bond donors (Lipinski definition) is 2. The van der Waals surface area contributed by atoms with Gasteiger partial charge in [0.2, 0.25) is 0 Å². The number of benzene rings is 2. The Morgan fingerprint density at radius 2 is 1.79 bits per heavy atom. The van der Waals surface area contributed by atoms with Crippen LogP contribution >= 0.6 is 11.6 Å². The zero-order valence-corrected chi connectivity index (χ0v) is 19.7. The highest BCUT2D eigenvalue weighted by atomic mass is 35.5. The maximum Gasteiger partial charge on any atom is 0.295 e. The molecule has 1 aliphatic heterocycles. The lowest BCUT2D eigenvalue weighted by molar-refractivity contribution is -0.141. The normalized spacial score (nSPS) is 20.4. The number of carbonyl (C=O) groups excluding carboxylic acids is 2. The number of methoxy groups -OCH3 is 2. The number of ether oxygens (including phenoxy) is 2. The summed E-state index contributed by atoms with van der Waals surface area (Å²) >= 11 is 6.24. The van der Waals surface area contributed by atoms with Gasteiger partial charge in [-0.1, -0.05) is 42.6 Å². The molecular weight excluding hydrogens is 456 g/mol. The zero-order chi connectivity index (χ0) is 24.0. The number of H-pyrrole nitrogens is 1. The number of para-hydroxylation sites is 1. The number of fused-ring (bicyclic) bond motifs is 1. The van der Waals surface area contributed by atoms with E-state index >= 15 is 0 Å². The second-order valence-electron chi connectivity index (χ2n) is 8.62. The van der Waals surface area contributed by atoms with E-state index in [1.165, 1.54) is 26.4 Å². The van der Waals surface area contributed by atoms with Crippen LogP contribution in [0.25, 0.3) is 16.7 Å². The lowest BCUT2D eigenvalue weighted by atomic mass is 9.94. The van der Waals surface area contributed by atoms with E-state index in [1.807, 2.05) is 30.5 Å². The monoisotopic (exact) mass is 480 g/mol. The van der Waals surface area contributed by atoms with E-state index in [0.29, 0.717) is 10.8 Å². The minimum Gasteiger partial charge on any atom is -0.507 e. The maximum atomic E-state index is 13.4. The van der Waals surface area contributed by atoms with E-state index in [4.69, 9.17) is 21.1 Å². The van der Waals surface area contributed by atoms with Gasteiger partial charge in [-0.3, -0.25) is 9.59 Å². The van der Waals surface area contributed by atoms with Gasteiger partial charge in [0.25, 0.3) is 11.7 Å². The molecule has 1 saturated heterocycles. The van der Waals surface area contributed by atoms with Crippen LogP contribution in [0.1, 0.15) is 42.9 Å². The minimum absolute atomic E-state index is 0.0318. The van der Waals surface area contributed by atoms with Crippen molar-refractivity contribution in [2.45, 2.75) is 37.8 Å². The average molecular weight is 481 g/mol. The first-order valence-corrected chi connectivity index (χ1v) is 11.6. The van der Waals surface area contributed by atoms with Gasteiger partial charge in [-0.2, -0.15) is 0 Å². The Bertz CT molecular complexity index is 1320. The third-order valence-electron chi connectivity index (χ3n) is 6.84. The minimum atomic E-state index is -0.731. The third kappa shape index (κ3) is 3.42. The molecule has 1 amide bonds. The molecule has 1 aliphatic carbocycles. The van der Waals surface area contributed by atoms with Gasteiger partial charge in [0.1, 0.15) is 17.3 Å². The van der Waals surface area contributed by atoms with E-state index in [2.05, 4.69) is 4.98 Å². The summed E-state index contributed by atoms with van der Waals surface area (Å²) in [6.07, 6.45) is 5.46. The van der Waals surface area contributed by atoms with Crippen LogP contribution in [0.4, 0.5) is 0 Å². The van der Waals surface area contributed by atoms with Gasteiger partial charge < -0.3 is 24.5 Å². The maximum absolute atomic E-state index is 13.4. The smallest absolute Gasteiger partial charge is 0.295 e. The van der Waals surface area contributed by atoms with Crippen molar-refractivity contribution in [2.24, 2.45) is 0 Å². The molecule has 1 unspecified atom stereocenters. The second-order valence-corrected chi connectivity index (χ2v) is 9.03. The van der Waals surface area contributed by atoms with Crippen LogP contribution in [0.5, 0.6) is 11.5 Å². The van der Waals surface area contributed by atoms with Crippen molar-refractivity contribution in [3.63, 3.8) is 0 Å². The largest absolute Gasteiger partial charge is 0.507 e. The summed E-state index contributed by atoms with van der Waals surface area (Å²) in [7, 11) is 2.91. The predicted molar refractivity (Wildman–Crippen MR) is 129 cm³/mol. The molecule has 2 aliphatic rings. The van der Waals surface area contributed by atoms with Crippen molar-refractivity contribution in [3.8, 4) is 11.5 Å². The van der Waals surface area contributed by atoms with Crippen molar-refractivity contribution < 1.29 is 24.2 Å². The fourth-order valence-corrected chi connectivity index (χ4v) is 5.46. The van der Waals surface area contributed by atoms with Crippen molar-refractivity contribution in [3.05, 3.63) is 64.3 Å². The molecule has 176 valence electrons. The molecule has 2 heterocycles. The van der Waals surface area contributed by atoms with Gasteiger partial charge in [0.15, 0.2) is 0 Å². The van der Waals surface area contributed by atoms with E-state index in [-0.39, 0.29) is 28.7 Å². The quantitative estimate of drug-likeness (QED) is 0.297. The van der Waals surface area contributed by atoms with Gasteiger partial charge >= 0.3 is 0 Å². The summed E-state index contributed by atoms with van der Waals surface area (Å²) in [5, 5.41) is 12.7. The number of aromatic amines is 1. The highest BCUT2D eigenvalue weighted by molar-refractivity contribution is 6.47. The van der Waals surface area contributed by atoms with Crippen LogP contribution in [-0.4, -0.2) is 46.9 Å². The van der Waals surface area contributed by atoms with E-state index < -0.39 is 17.7 Å². The summed E-state index contributed by atoms with van der Waals surface area (Å²) in [6, 6.07) is 9.95. The lowest BCUT2D eigenvalue weighted by Gasteiger charge is -2.30. The molecule has 7 nitrogen and oxygen atoms in total. The number of nitrogens with zero attached hydrogens (tertiary/aromatic N) is 1. The molecule has 2 fully saturated rings. The third-order valence-corrected chi connectivity index (χ3v) is 7.14. The molecule has 5 rings (SSSR count). The molecule has 1 saturated carbocycles. The molecule has 1 aromatic heterocycles. The zero-order valence-electron chi connectivity index (χ0n) is 18.9. The number of aliphatic hydroxyl groups excluding tert-OH is 1. The Morgan fingerprint density at radius 3 is 2.50 bits per heavy atom. The number of nitrogens with one attached hydrogen (secondary N) is 1. The van der Waals surface area contributed by atoms with Gasteiger partial charge in [-0.05, 0) is 25.0 Å². The topological polar surface area (TPSA) is 91.9 Å². The number of Topliss-reactive ketones (excluding diaryl/α,β-unsaturated/α-hetero) is 1. The Kier molecular flexibility index (Phi) is 5.73. The van der Waals surface area contributed by atoms with Gasteiger partial charge in [0, 0.05) is 34.8 Å².